The number of phosphoric acid groups is 1. The molecule has 2 unspecified atom stereocenters. The van der Waals surface area contributed by atoms with Gasteiger partial charge in [-0.2, -0.15) is 0 Å². The highest BCUT2D eigenvalue weighted by atomic mass is 31.2. The standard InChI is InChI=1S/C47H84NO7P/c1-6-8-10-12-14-16-18-20-22-23-24-25-26-28-30-32-34-36-38-40-47(49)55-46(45-54-56(50,51)53-43-41-48(3,4)5)44-52-42-39-37-35-33-31-29-27-21-19-17-15-13-11-9-7-2/h8,10,14,16,19-22,24-25,28,30,46H,6-7,9,11-13,15,17-18,23,26-27,29,31-45H2,1-5H3/b10-8-,16-14-,21-19-,22-20-,25-24-,30-28-. The minimum Gasteiger partial charge on any atom is -0.756 e. The number of phosphoric ester groups is 1. The van der Waals surface area contributed by atoms with Crippen LogP contribution in [0.4, 0.5) is 0 Å². The summed E-state index contributed by atoms with van der Waals surface area (Å²) in [6.45, 7) is 5.21. The lowest BCUT2D eigenvalue weighted by atomic mass is 10.1. The predicted octanol–water partition coefficient (Wildman–Crippen LogP) is 12.5. The lowest BCUT2D eigenvalue weighted by Gasteiger charge is -2.28. The van der Waals surface area contributed by atoms with Crippen molar-refractivity contribution in [2.24, 2.45) is 0 Å². The number of hydrogen-bond donors (Lipinski definition) is 0. The maximum absolute atomic E-state index is 12.7. The van der Waals surface area contributed by atoms with Crippen LogP contribution in [0.3, 0.4) is 0 Å². The molecule has 0 radical (unpaired) electrons. The van der Waals surface area contributed by atoms with Crippen LogP contribution in [0.15, 0.2) is 72.9 Å². The van der Waals surface area contributed by atoms with Crippen LogP contribution >= 0.6 is 7.82 Å². The summed E-state index contributed by atoms with van der Waals surface area (Å²) < 4.78 is 34.5. The number of hydrogen-bond acceptors (Lipinski definition) is 7. The van der Waals surface area contributed by atoms with E-state index < -0.39 is 13.9 Å². The first-order valence-corrected chi connectivity index (χ1v) is 23.6. The number of carbonyl (C=O) groups excluding carboxylic acids is 1. The van der Waals surface area contributed by atoms with Gasteiger partial charge in [-0.1, -0.05) is 145 Å². The number of quaternary nitrogens is 1. The highest BCUT2D eigenvalue weighted by Crippen LogP contribution is 2.38. The third-order valence-corrected chi connectivity index (χ3v) is 9.96. The Labute approximate surface area is 344 Å². The summed E-state index contributed by atoms with van der Waals surface area (Å²) in [5.74, 6) is -0.370. The molecule has 0 rings (SSSR count). The third kappa shape index (κ3) is 43.1. The van der Waals surface area contributed by atoms with Crippen molar-refractivity contribution in [3.8, 4) is 0 Å². The molecule has 0 saturated carbocycles. The van der Waals surface area contributed by atoms with Crippen LogP contribution < -0.4 is 4.89 Å². The summed E-state index contributed by atoms with van der Waals surface area (Å²) in [7, 11) is 1.32. The van der Waals surface area contributed by atoms with E-state index in [1.807, 2.05) is 21.1 Å². The van der Waals surface area contributed by atoms with E-state index in [9.17, 15) is 14.3 Å². The Morgan fingerprint density at radius 2 is 1.04 bits per heavy atom. The summed E-state index contributed by atoms with van der Waals surface area (Å²) >= 11 is 0. The van der Waals surface area contributed by atoms with E-state index in [-0.39, 0.29) is 32.2 Å². The van der Waals surface area contributed by atoms with Crippen molar-refractivity contribution >= 4 is 13.8 Å². The maximum atomic E-state index is 12.7. The molecule has 0 aromatic carbocycles. The van der Waals surface area contributed by atoms with Gasteiger partial charge in [-0.15, -0.1) is 0 Å². The van der Waals surface area contributed by atoms with E-state index in [0.29, 0.717) is 24.1 Å². The largest absolute Gasteiger partial charge is 0.756 e. The normalized spacial score (nSPS) is 14.5. The summed E-state index contributed by atoms with van der Waals surface area (Å²) in [5.41, 5.74) is 0. The van der Waals surface area contributed by atoms with Crippen molar-refractivity contribution in [3.05, 3.63) is 72.9 Å². The molecule has 0 aliphatic rings. The van der Waals surface area contributed by atoms with E-state index in [2.05, 4.69) is 86.8 Å². The topological polar surface area (TPSA) is 94.1 Å². The SMILES string of the molecule is CC/C=C\C/C=C\C/C=C\C/C=C\C/C=C\CCCCCC(=O)OC(COCCCCCCCC/C=C\CCCCCCC)COP(=O)([O-])OCC[N+](C)(C)C. The minimum absolute atomic E-state index is 0.0146. The first-order valence-electron chi connectivity index (χ1n) is 22.2. The zero-order valence-corrected chi connectivity index (χ0v) is 37.5. The number of esters is 1. The van der Waals surface area contributed by atoms with Crippen LogP contribution in [-0.4, -0.2) is 70.7 Å². The monoisotopic (exact) mass is 806 g/mol. The maximum Gasteiger partial charge on any atom is 0.306 e. The fourth-order valence-corrected chi connectivity index (χ4v) is 6.29. The molecule has 0 bridgehead atoms. The molecule has 9 heteroatoms. The van der Waals surface area contributed by atoms with E-state index in [1.165, 1.54) is 64.2 Å². The van der Waals surface area contributed by atoms with Crippen molar-refractivity contribution in [1.82, 2.24) is 0 Å². The van der Waals surface area contributed by atoms with Gasteiger partial charge in [-0.3, -0.25) is 9.36 Å². The molecule has 0 aromatic rings. The van der Waals surface area contributed by atoms with Crippen LogP contribution in [0.1, 0.15) is 162 Å². The third-order valence-electron chi connectivity index (χ3n) is 8.99. The molecule has 0 aromatic heterocycles. The van der Waals surface area contributed by atoms with Crippen molar-refractivity contribution in [2.75, 3.05) is 54.1 Å². The van der Waals surface area contributed by atoms with Gasteiger partial charge in [0.2, 0.25) is 0 Å². The van der Waals surface area contributed by atoms with Crippen molar-refractivity contribution in [3.63, 3.8) is 0 Å². The highest BCUT2D eigenvalue weighted by molar-refractivity contribution is 7.45. The molecule has 0 aliphatic carbocycles. The number of unbranched alkanes of at least 4 members (excludes halogenated alkanes) is 14. The van der Waals surface area contributed by atoms with Crippen molar-refractivity contribution in [1.29, 1.82) is 0 Å². The zero-order chi connectivity index (χ0) is 41.3. The van der Waals surface area contributed by atoms with Gasteiger partial charge in [0.05, 0.1) is 34.4 Å². The quantitative estimate of drug-likeness (QED) is 0.0200. The van der Waals surface area contributed by atoms with E-state index in [1.54, 1.807) is 0 Å². The van der Waals surface area contributed by atoms with E-state index in [4.69, 9.17) is 18.5 Å². The van der Waals surface area contributed by atoms with Gasteiger partial charge >= 0.3 is 5.97 Å². The smallest absolute Gasteiger partial charge is 0.306 e. The van der Waals surface area contributed by atoms with Crippen LogP contribution in [0.5, 0.6) is 0 Å². The fraction of sp³-hybridized carbons (Fsp3) is 0.723. The average Bonchev–Trinajstić information content (AvgIpc) is 3.15. The Morgan fingerprint density at radius 1 is 0.571 bits per heavy atom. The molecular weight excluding hydrogens is 721 g/mol. The van der Waals surface area contributed by atoms with Crippen LogP contribution in [0.2, 0.25) is 0 Å². The van der Waals surface area contributed by atoms with Crippen LogP contribution in [0, 0.1) is 0 Å². The number of likely N-dealkylation sites (N-methyl/N-ethyl adjacent to an activating group) is 1. The molecule has 0 saturated heterocycles. The molecule has 2 atom stereocenters. The van der Waals surface area contributed by atoms with Gasteiger partial charge in [-0.25, -0.2) is 0 Å². The molecule has 0 aliphatic heterocycles. The predicted molar refractivity (Wildman–Crippen MR) is 235 cm³/mol. The molecule has 0 heterocycles. The van der Waals surface area contributed by atoms with Crippen molar-refractivity contribution in [2.45, 2.75) is 168 Å². The molecule has 56 heavy (non-hydrogen) atoms. The van der Waals surface area contributed by atoms with Gasteiger partial charge < -0.3 is 27.9 Å². The molecular formula is C47H84NO7P. The molecule has 0 fully saturated rings. The summed E-state index contributed by atoms with van der Waals surface area (Å²) in [4.78, 5) is 25.1. The van der Waals surface area contributed by atoms with E-state index in [0.717, 1.165) is 70.6 Å². The first kappa shape index (κ1) is 53.9. The Bertz CT molecular complexity index is 1120. The number of carbonyl (C=O) groups is 1. The zero-order valence-electron chi connectivity index (χ0n) is 36.6. The lowest BCUT2D eigenvalue weighted by Crippen LogP contribution is -2.37. The second-order valence-corrected chi connectivity index (χ2v) is 17.1. The number of rotatable bonds is 40. The summed E-state index contributed by atoms with van der Waals surface area (Å²) in [6, 6.07) is 0. The van der Waals surface area contributed by atoms with Gasteiger partial charge in [0.25, 0.3) is 7.82 Å². The highest BCUT2D eigenvalue weighted by Gasteiger charge is 2.20. The second-order valence-electron chi connectivity index (χ2n) is 15.7. The van der Waals surface area contributed by atoms with Gasteiger partial charge in [0.1, 0.15) is 19.3 Å². The Hall–Kier alpha value is -2.06. The lowest BCUT2D eigenvalue weighted by molar-refractivity contribution is -0.870. The molecule has 0 spiro atoms. The van der Waals surface area contributed by atoms with Gasteiger partial charge in [0, 0.05) is 13.0 Å². The Kier molecular flexibility index (Phi) is 38.3. The number of ether oxygens (including phenoxy) is 2. The number of allylic oxidation sites excluding steroid dienone is 12. The fourth-order valence-electron chi connectivity index (χ4n) is 5.57. The van der Waals surface area contributed by atoms with Gasteiger partial charge in [-0.05, 0) is 83.5 Å². The average molecular weight is 806 g/mol. The van der Waals surface area contributed by atoms with E-state index >= 15 is 0 Å². The van der Waals surface area contributed by atoms with Crippen LogP contribution in [-0.2, 0) is 27.9 Å². The number of nitrogens with zero attached hydrogens (tertiary/aromatic N) is 1. The molecule has 0 N–H and O–H groups in total. The Balaban J connectivity index is 4.33. The first-order chi connectivity index (χ1) is 27.1. The molecule has 8 nitrogen and oxygen atoms in total. The Morgan fingerprint density at radius 3 is 1.57 bits per heavy atom. The summed E-state index contributed by atoms with van der Waals surface area (Å²) in [5, 5.41) is 0. The summed E-state index contributed by atoms with van der Waals surface area (Å²) in [6.07, 6.45) is 50.5. The second kappa shape index (κ2) is 39.8. The van der Waals surface area contributed by atoms with Crippen molar-refractivity contribution < 1.29 is 37.3 Å². The minimum atomic E-state index is -4.54. The van der Waals surface area contributed by atoms with Gasteiger partial charge in [0.15, 0.2) is 0 Å². The molecule has 0 amide bonds. The van der Waals surface area contributed by atoms with Crippen LogP contribution in [0.25, 0.3) is 0 Å². The molecule has 324 valence electrons.